The Hall–Kier alpha value is 0.593. The van der Waals surface area contributed by atoms with Gasteiger partial charge in [0.25, 0.3) is 0 Å². The minimum absolute atomic E-state index is 0.567. The van der Waals surface area contributed by atoms with Crippen LogP contribution >= 0.6 is 0 Å². The molecule has 0 saturated carbocycles. The van der Waals surface area contributed by atoms with Crippen LogP contribution in [0, 0.1) is 20.7 Å². The van der Waals surface area contributed by atoms with Gasteiger partial charge in [0.1, 0.15) is 0 Å². The van der Waals surface area contributed by atoms with Gasteiger partial charge in [0.15, 0.2) is 0 Å². The Morgan fingerprint density at radius 3 is 1.28 bits per heavy atom. The molecule has 0 aliphatic carbocycles. The van der Waals surface area contributed by atoms with Crippen LogP contribution in [0.5, 0.6) is 0 Å². The molecule has 0 aliphatic heterocycles. The van der Waals surface area contributed by atoms with E-state index in [1.165, 1.54) is 23.5 Å². The third kappa shape index (κ3) is 16.6. The molecule has 0 aliphatic rings. The van der Waals surface area contributed by atoms with Gasteiger partial charge in [-0.25, -0.2) is 0 Å². The molecule has 0 bridgehead atoms. The number of hydrogen-bond acceptors (Lipinski definition) is 0. The van der Waals surface area contributed by atoms with E-state index < -0.39 is 16.1 Å². The maximum atomic E-state index is 3.45. The van der Waals surface area contributed by atoms with E-state index in [1.54, 1.807) is 0 Å². The topological polar surface area (TPSA) is 0 Å². The van der Waals surface area contributed by atoms with E-state index in [0.29, 0.717) is 29.9 Å². The molecule has 0 rings (SSSR count). The van der Waals surface area contributed by atoms with Crippen LogP contribution in [0.15, 0.2) is 0 Å². The van der Waals surface area contributed by atoms with E-state index in [1.807, 2.05) is 0 Å². The van der Waals surface area contributed by atoms with Crippen molar-refractivity contribution >= 4 is 46.1 Å². The Morgan fingerprint density at radius 1 is 0.667 bits per heavy atom. The molecule has 0 N–H and O–H groups in total. The first-order valence-corrected chi connectivity index (χ1v) is 17.6. The second-order valence-corrected chi connectivity index (χ2v) is 19.6. The van der Waals surface area contributed by atoms with Gasteiger partial charge in [-0.2, -0.15) is 0 Å². The molecule has 0 fully saturated rings. The van der Waals surface area contributed by atoms with E-state index in [4.69, 9.17) is 0 Å². The summed E-state index contributed by atoms with van der Waals surface area (Å²) in [6, 6.07) is 0. The molecule has 0 amide bonds. The fraction of sp³-hybridized carbons (Fsp3) is 0.714. The monoisotopic (exact) mass is 410 g/mol. The van der Waals surface area contributed by atoms with Crippen LogP contribution in [0.2, 0.25) is 49.9 Å². The van der Waals surface area contributed by atoms with Gasteiger partial charge in [0, 0.05) is 0 Å². The van der Waals surface area contributed by atoms with Crippen molar-refractivity contribution in [3.05, 3.63) is 0 Å². The molecule has 18 heavy (non-hydrogen) atoms. The molecule has 0 aromatic heterocycles. The van der Waals surface area contributed by atoms with Crippen molar-refractivity contribution in [2.24, 2.45) is 0 Å². The van der Waals surface area contributed by atoms with Gasteiger partial charge >= 0.3 is 130 Å². The summed E-state index contributed by atoms with van der Waals surface area (Å²) in [4.78, 5) is 6.81. The number of rotatable bonds is 5. The summed E-state index contributed by atoms with van der Waals surface area (Å²) in [5.41, 5.74) is 6.91. The molecule has 0 aromatic carbocycles. The molecular weight excluding hydrogens is 382 g/mol. The molecule has 0 atom stereocenters. The van der Waals surface area contributed by atoms with Gasteiger partial charge in [-0.3, -0.25) is 0 Å². The first kappa shape index (κ1) is 18.6. The SMILES string of the molecule is C[Si](C)(C)C#C[Se]CCCC[Se]C#C[Si](C)(C)C. The van der Waals surface area contributed by atoms with E-state index in [-0.39, 0.29) is 0 Å². The molecule has 0 radical (unpaired) electrons. The van der Waals surface area contributed by atoms with E-state index >= 15 is 0 Å². The first-order valence-electron chi connectivity index (χ1n) is 6.49. The summed E-state index contributed by atoms with van der Waals surface area (Å²) in [5.74, 6) is 0. The van der Waals surface area contributed by atoms with Gasteiger partial charge < -0.3 is 0 Å². The molecular formula is C14H26Se2Si2. The molecule has 0 heterocycles. The normalized spacial score (nSPS) is 11.2. The van der Waals surface area contributed by atoms with Crippen LogP contribution < -0.4 is 0 Å². The Kier molecular flexibility index (Phi) is 9.80. The fourth-order valence-electron chi connectivity index (χ4n) is 0.829. The Balaban J connectivity index is 3.47. The molecule has 0 saturated heterocycles. The maximum absolute atomic E-state index is 3.45. The van der Waals surface area contributed by atoms with E-state index in [2.05, 4.69) is 60.0 Å². The third-order valence-corrected chi connectivity index (χ3v) is 7.40. The quantitative estimate of drug-likeness (QED) is 0.370. The van der Waals surface area contributed by atoms with Crippen LogP contribution in [-0.4, -0.2) is 46.1 Å². The molecule has 0 aromatic rings. The van der Waals surface area contributed by atoms with Gasteiger partial charge in [0.2, 0.25) is 0 Å². The van der Waals surface area contributed by atoms with Crippen LogP contribution in [0.3, 0.4) is 0 Å². The molecule has 0 nitrogen and oxygen atoms in total. The molecule has 0 spiro atoms. The zero-order chi connectivity index (χ0) is 14.1. The average Bonchev–Trinajstić information content (AvgIpc) is 2.17. The zero-order valence-electron chi connectivity index (χ0n) is 12.6. The summed E-state index contributed by atoms with van der Waals surface area (Å²) < 4.78 is 0. The van der Waals surface area contributed by atoms with E-state index in [0.717, 1.165) is 0 Å². The zero-order valence-corrected chi connectivity index (χ0v) is 18.1. The third-order valence-electron chi connectivity index (χ3n) is 1.74. The molecule has 0 unspecified atom stereocenters. The Labute approximate surface area is 129 Å². The predicted molar refractivity (Wildman–Crippen MR) is 92.6 cm³/mol. The standard InChI is InChI=1S/C14H26Se2Si2/c1-17(2,3)13-11-15-9-7-8-10-16-12-14-18(4,5)6/h7-10H2,1-6H3. The van der Waals surface area contributed by atoms with Gasteiger partial charge in [-0.05, 0) is 0 Å². The van der Waals surface area contributed by atoms with Crippen molar-refractivity contribution in [3.63, 3.8) is 0 Å². The van der Waals surface area contributed by atoms with Crippen molar-refractivity contribution in [3.8, 4) is 20.7 Å². The predicted octanol–water partition coefficient (Wildman–Crippen LogP) is 3.69. The Morgan fingerprint density at radius 2 is 1.00 bits per heavy atom. The summed E-state index contributed by atoms with van der Waals surface area (Å²) >= 11 is 1.13. The van der Waals surface area contributed by atoms with Gasteiger partial charge in [0.05, 0.1) is 0 Å². The summed E-state index contributed by atoms with van der Waals surface area (Å²) in [7, 11) is -2.24. The van der Waals surface area contributed by atoms with Gasteiger partial charge in [-0.1, -0.05) is 0 Å². The number of hydrogen-bond donors (Lipinski definition) is 0. The van der Waals surface area contributed by atoms with E-state index in [9.17, 15) is 0 Å². The summed E-state index contributed by atoms with van der Waals surface area (Å²) in [6.07, 6.45) is 2.72. The van der Waals surface area contributed by atoms with Crippen LogP contribution in [0.1, 0.15) is 12.8 Å². The van der Waals surface area contributed by atoms with Crippen LogP contribution in [0.4, 0.5) is 0 Å². The second kappa shape index (κ2) is 9.49. The van der Waals surface area contributed by atoms with Crippen molar-refractivity contribution in [1.82, 2.24) is 0 Å². The Bertz CT molecular complexity index is 306. The van der Waals surface area contributed by atoms with Gasteiger partial charge in [-0.15, -0.1) is 0 Å². The van der Waals surface area contributed by atoms with Crippen molar-refractivity contribution in [1.29, 1.82) is 0 Å². The minimum atomic E-state index is -1.12. The fourth-order valence-corrected chi connectivity index (χ4v) is 8.24. The average molecular weight is 408 g/mol. The van der Waals surface area contributed by atoms with Crippen LogP contribution in [-0.2, 0) is 0 Å². The molecule has 4 heteroatoms. The van der Waals surface area contributed by atoms with Crippen molar-refractivity contribution < 1.29 is 0 Å². The summed E-state index contributed by atoms with van der Waals surface area (Å²) in [6.45, 7) is 13.9. The van der Waals surface area contributed by atoms with Crippen molar-refractivity contribution in [2.45, 2.75) is 62.8 Å². The first-order chi connectivity index (χ1) is 8.21. The second-order valence-electron chi connectivity index (χ2n) is 6.36. The molecule has 102 valence electrons. The van der Waals surface area contributed by atoms with Crippen LogP contribution in [0.25, 0.3) is 0 Å². The number of unbranched alkanes of at least 4 members (excludes halogenated alkanes) is 1. The van der Waals surface area contributed by atoms with Crippen molar-refractivity contribution in [2.75, 3.05) is 0 Å². The summed E-state index contributed by atoms with van der Waals surface area (Å²) in [5, 5.41) is 2.67.